The Bertz CT molecular complexity index is 527. The zero-order valence-corrected chi connectivity index (χ0v) is 12.0. The summed E-state index contributed by atoms with van der Waals surface area (Å²) in [5, 5.41) is 0.198. The van der Waals surface area contributed by atoms with Crippen LogP contribution in [-0.4, -0.2) is 42.5 Å². The van der Waals surface area contributed by atoms with Crippen LogP contribution >= 0.6 is 11.6 Å². The number of anilines is 1. The molecule has 1 aromatic rings. The molecular weight excluding hydrogens is 274 g/mol. The molecular formula is C11H16ClN3O2S. The Kier molecular flexibility index (Phi) is 3.77. The molecule has 7 heteroatoms. The topological polar surface area (TPSA) is 63.2 Å². The Morgan fingerprint density at radius 2 is 2.22 bits per heavy atom. The van der Waals surface area contributed by atoms with Crippen molar-refractivity contribution in [3.8, 4) is 0 Å². The van der Waals surface area contributed by atoms with Gasteiger partial charge in [-0.2, -0.15) is 0 Å². The molecule has 2 heterocycles. The predicted molar refractivity (Wildman–Crippen MR) is 71.9 cm³/mol. The molecule has 0 aliphatic carbocycles. The summed E-state index contributed by atoms with van der Waals surface area (Å²) in [5.74, 6) is 1.16. The number of rotatable bonds is 3. The van der Waals surface area contributed by atoms with Crippen molar-refractivity contribution < 1.29 is 8.42 Å². The zero-order chi connectivity index (χ0) is 13.3. The summed E-state index contributed by atoms with van der Waals surface area (Å²) in [6, 6.07) is 1.82. The minimum atomic E-state index is -2.90. The van der Waals surface area contributed by atoms with Gasteiger partial charge in [0.05, 0.1) is 11.5 Å². The second kappa shape index (κ2) is 5.01. The fourth-order valence-electron chi connectivity index (χ4n) is 2.29. The van der Waals surface area contributed by atoms with Crippen LogP contribution in [0.4, 0.5) is 5.82 Å². The third-order valence-corrected chi connectivity index (χ3v) is 5.02. The third-order valence-electron chi connectivity index (χ3n) is 3.10. The fraction of sp³-hybridized carbons (Fsp3) is 0.636. The molecule has 1 aliphatic heterocycles. The highest BCUT2D eigenvalue weighted by Gasteiger charge is 2.32. The van der Waals surface area contributed by atoms with Crippen LogP contribution in [0.2, 0.25) is 5.28 Å². The summed E-state index contributed by atoms with van der Waals surface area (Å²) in [4.78, 5) is 10.2. The molecule has 1 unspecified atom stereocenters. The first-order valence-electron chi connectivity index (χ1n) is 5.89. The highest BCUT2D eigenvalue weighted by molar-refractivity contribution is 7.91. The van der Waals surface area contributed by atoms with E-state index in [9.17, 15) is 8.42 Å². The molecule has 18 heavy (non-hydrogen) atoms. The maximum absolute atomic E-state index is 11.5. The lowest BCUT2D eigenvalue weighted by atomic mass is 10.2. The van der Waals surface area contributed by atoms with Gasteiger partial charge in [-0.3, -0.25) is 0 Å². The number of aryl methyl sites for hydroxylation is 1. The molecule has 2 rings (SSSR count). The molecule has 0 bridgehead atoms. The quantitative estimate of drug-likeness (QED) is 0.788. The van der Waals surface area contributed by atoms with Gasteiger partial charge in [-0.25, -0.2) is 18.4 Å². The number of halogens is 1. The summed E-state index contributed by atoms with van der Waals surface area (Å²) in [6.07, 6.45) is 0.650. The van der Waals surface area contributed by atoms with Crippen molar-refractivity contribution in [3.05, 3.63) is 17.0 Å². The molecule has 1 aromatic heterocycles. The Hall–Kier alpha value is -0.880. The summed E-state index contributed by atoms with van der Waals surface area (Å²) in [5.41, 5.74) is 0.782. The average molecular weight is 290 g/mol. The molecule has 1 fully saturated rings. The maximum Gasteiger partial charge on any atom is 0.224 e. The Morgan fingerprint density at radius 1 is 1.50 bits per heavy atom. The normalized spacial score (nSPS) is 22.1. The SMILES string of the molecule is CCN(c1cc(C)nc(Cl)n1)C1CCS(=O)(=O)C1. The molecule has 1 aliphatic rings. The fourth-order valence-corrected chi connectivity index (χ4v) is 4.24. The van der Waals surface area contributed by atoms with E-state index in [4.69, 9.17) is 11.6 Å². The van der Waals surface area contributed by atoms with Crippen LogP contribution in [0.5, 0.6) is 0 Å². The van der Waals surface area contributed by atoms with E-state index in [-0.39, 0.29) is 22.8 Å². The van der Waals surface area contributed by atoms with Gasteiger partial charge in [0.15, 0.2) is 9.84 Å². The zero-order valence-electron chi connectivity index (χ0n) is 10.4. The molecule has 0 radical (unpaired) electrons. The van der Waals surface area contributed by atoms with Gasteiger partial charge in [-0.15, -0.1) is 0 Å². The van der Waals surface area contributed by atoms with Crippen LogP contribution in [0, 0.1) is 6.92 Å². The minimum Gasteiger partial charge on any atom is -0.353 e. The second-order valence-corrected chi connectivity index (χ2v) is 7.05. The number of hydrogen-bond donors (Lipinski definition) is 0. The van der Waals surface area contributed by atoms with Crippen LogP contribution in [0.3, 0.4) is 0 Å². The third kappa shape index (κ3) is 2.92. The van der Waals surface area contributed by atoms with Gasteiger partial charge in [0.1, 0.15) is 5.82 Å². The van der Waals surface area contributed by atoms with E-state index < -0.39 is 9.84 Å². The van der Waals surface area contributed by atoms with Gasteiger partial charge in [0, 0.05) is 24.3 Å². The van der Waals surface area contributed by atoms with Crippen LogP contribution in [0.25, 0.3) is 0 Å². The molecule has 0 aromatic carbocycles. The molecule has 0 N–H and O–H groups in total. The number of hydrogen-bond acceptors (Lipinski definition) is 5. The van der Waals surface area contributed by atoms with E-state index in [2.05, 4.69) is 9.97 Å². The average Bonchev–Trinajstić information content (AvgIpc) is 2.58. The Labute approximate surface area is 112 Å². The van der Waals surface area contributed by atoms with Crippen molar-refractivity contribution in [2.24, 2.45) is 0 Å². The predicted octanol–water partition coefficient (Wildman–Crippen LogP) is 1.45. The molecule has 0 amide bonds. The number of aromatic nitrogens is 2. The van der Waals surface area contributed by atoms with Crippen molar-refractivity contribution in [1.29, 1.82) is 0 Å². The molecule has 1 atom stereocenters. The van der Waals surface area contributed by atoms with Gasteiger partial charge in [0.2, 0.25) is 5.28 Å². The van der Waals surface area contributed by atoms with E-state index in [0.29, 0.717) is 18.8 Å². The summed E-state index contributed by atoms with van der Waals surface area (Å²) >= 11 is 5.85. The lowest BCUT2D eigenvalue weighted by molar-refractivity contribution is 0.599. The summed E-state index contributed by atoms with van der Waals surface area (Å²) < 4.78 is 23.1. The Morgan fingerprint density at radius 3 is 2.72 bits per heavy atom. The molecule has 100 valence electrons. The second-order valence-electron chi connectivity index (χ2n) is 4.48. The first kappa shape index (κ1) is 13.5. The summed E-state index contributed by atoms with van der Waals surface area (Å²) in [6.45, 7) is 4.53. The van der Waals surface area contributed by atoms with Gasteiger partial charge in [0.25, 0.3) is 0 Å². The smallest absolute Gasteiger partial charge is 0.224 e. The van der Waals surface area contributed by atoms with E-state index in [1.807, 2.05) is 24.8 Å². The largest absolute Gasteiger partial charge is 0.353 e. The van der Waals surface area contributed by atoms with Crippen LogP contribution in [0.15, 0.2) is 6.07 Å². The molecule has 0 spiro atoms. The molecule has 5 nitrogen and oxygen atoms in total. The van der Waals surface area contributed by atoms with Gasteiger partial charge in [-0.1, -0.05) is 0 Å². The van der Waals surface area contributed by atoms with Crippen molar-refractivity contribution in [3.63, 3.8) is 0 Å². The van der Waals surface area contributed by atoms with E-state index in [1.165, 1.54) is 0 Å². The summed E-state index contributed by atoms with van der Waals surface area (Å²) in [7, 11) is -2.90. The van der Waals surface area contributed by atoms with Crippen LogP contribution in [0.1, 0.15) is 19.0 Å². The Balaban J connectivity index is 2.28. The lowest BCUT2D eigenvalue weighted by Crippen LogP contribution is -2.36. The van der Waals surface area contributed by atoms with E-state index in [0.717, 1.165) is 5.69 Å². The van der Waals surface area contributed by atoms with Crippen LogP contribution < -0.4 is 4.90 Å². The van der Waals surface area contributed by atoms with Crippen molar-refractivity contribution in [1.82, 2.24) is 9.97 Å². The molecule has 1 saturated heterocycles. The number of nitrogens with zero attached hydrogens (tertiary/aromatic N) is 3. The lowest BCUT2D eigenvalue weighted by Gasteiger charge is -2.28. The van der Waals surface area contributed by atoms with Crippen molar-refractivity contribution in [2.75, 3.05) is 23.0 Å². The van der Waals surface area contributed by atoms with Crippen molar-refractivity contribution in [2.45, 2.75) is 26.3 Å². The first-order valence-corrected chi connectivity index (χ1v) is 8.09. The van der Waals surface area contributed by atoms with Crippen molar-refractivity contribution >= 4 is 27.3 Å². The monoisotopic (exact) mass is 289 g/mol. The van der Waals surface area contributed by atoms with Gasteiger partial charge >= 0.3 is 0 Å². The minimum absolute atomic E-state index is 0.00892. The standard InChI is InChI=1S/C11H16ClN3O2S/c1-3-15(9-4-5-18(16,17)7-9)10-6-8(2)13-11(12)14-10/h6,9H,3-5,7H2,1-2H3. The highest BCUT2D eigenvalue weighted by Crippen LogP contribution is 2.23. The van der Waals surface area contributed by atoms with Gasteiger partial charge in [-0.05, 0) is 31.9 Å². The molecule has 0 saturated carbocycles. The van der Waals surface area contributed by atoms with E-state index in [1.54, 1.807) is 0 Å². The van der Waals surface area contributed by atoms with E-state index >= 15 is 0 Å². The number of sulfone groups is 1. The first-order chi connectivity index (χ1) is 8.41. The van der Waals surface area contributed by atoms with Crippen LogP contribution in [-0.2, 0) is 9.84 Å². The van der Waals surface area contributed by atoms with Gasteiger partial charge < -0.3 is 4.90 Å². The maximum atomic E-state index is 11.5. The highest BCUT2D eigenvalue weighted by atomic mass is 35.5.